The summed E-state index contributed by atoms with van der Waals surface area (Å²) in [7, 11) is -2.13. The van der Waals surface area contributed by atoms with Crippen LogP contribution >= 0.6 is 27.5 Å². The lowest BCUT2D eigenvalue weighted by molar-refractivity contribution is 0.600. The third-order valence-corrected chi connectivity index (χ3v) is 4.41. The van der Waals surface area contributed by atoms with Gasteiger partial charge in [0.25, 0.3) is 10.0 Å². The van der Waals surface area contributed by atoms with Crippen molar-refractivity contribution in [3.63, 3.8) is 0 Å². The number of hydrogen-bond acceptors (Lipinski definition) is 5. The van der Waals surface area contributed by atoms with Crippen molar-refractivity contribution < 1.29 is 8.42 Å². The van der Waals surface area contributed by atoms with Crippen LogP contribution in [0.1, 0.15) is 0 Å². The van der Waals surface area contributed by atoms with Gasteiger partial charge in [-0.1, -0.05) is 11.6 Å². The number of anilines is 2. The van der Waals surface area contributed by atoms with E-state index in [1.807, 2.05) is 0 Å². The fourth-order valence-corrected chi connectivity index (χ4v) is 2.92. The Kier molecular flexibility index (Phi) is 4.46. The minimum absolute atomic E-state index is 0.0359. The first-order chi connectivity index (χ1) is 9.42. The second kappa shape index (κ2) is 5.94. The number of rotatable bonds is 4. The predicted molar refractivity (Wildman–Crippen MR) is 81.5 cm³/mol. The van der Waals surface area contributed by atoms with Gasteiger partial charge in [0.05, 0.1) is 5.02 Å². The summed E-state index contributed by atoms with van der Waals surface area (Å²) in [6.07, 6.45) is 2.71. The van der Waals surface area contributed by atoms with Crippen LogP contribution in [0.3, 0.4) is 0 Å². The maximum atomic E-state index is 12.2. The maximum absolute atomic E-state index is 12.2. The molecule has 20 heavy (non-hydrogen) atoms. The number of aromatic nitrogens is 2. The van der Waals surface area contributed by atoms with Crippen LogP contribution < -0.4 is 10.0 Å². The van der Waals surface area contributed by atoms with Gasteiger partial charge in [0.2, 0.25) is 0 Å². The molecule has 0 spiro atoms. The summed E-state index contributed by atoms with van der Waals surface area (Å²) in [5.74, 6) is 0.620. The van der Waals surface area contributed by atoms with Gasteiger partial charge in [0, 0.05) is 23.9 Å². The molecular weight excluding hydrogens is 368 g/mol. The number of hydrogen-bond donors (Lipinski definition) is 2. The van der Waals surface area contributed by atoms with E-state index in [0.717, 1.165) is 4.47 Å². The first-order valence-electron chi connectivity index (χ1n) is 5.40. The van der Waals surface area contributed by atoms with Gasteiger partial charge in [0.15, 0.2) is 0 Å². The molecule has 6 nitrogen and oxygen atoms in total. The van der Waals surface area contributed by atoms with Crippen LogP contribution in [-0.4, -0.2) is 25.4 Å². The van der Waals surface area contributed by atoms with E-state index < -0.39 is 10.0 Å². The Hall–Kier alpha value is -1.38. The Morgan fingerprint density at radius 3 is 2.55 bits per heavy atom. The molecule has 0 aliphatic rings. The summed E-state index contributed by atoms with van der Waals surface area (Å²) in [6.45, 7) is 0. The molecule has 0 radical (unpaired) electrons. The first kappa shape index (κ1) is 15.0. The fraction of sp³-hybridized carbons (Fsp3) is 0.0909. The molecule has 0 unspecified atom stereocenters. The molecular formula is C11H10BrClN4O2S. The third-order valence-electron chi connectivity index (χ3n) is 2.33. The SMILES string of the molecule is CNc1ncc(S(=O)(=O)Nc2ccc(Br)cn2)cc1Cl. The van der Waals surface area contributed by atoms with E-state index >= 15 is 0 Å². The molecule has 0 saturated carbocycles. The minimum atomic E-state index is -3.78. The summed E-state index contributed by atoms with van der Waals surface area (Å²) in [5.41, 5.74) is 0. The number of pyridine rings is 2. The molecule has 9 heteroatoms. The Morgan fingerprint density at radius 2 is 2.00 bits per heavy atom. The van der Waals surface area contributed by atoms with Gasteiger partial charge in [-0.25, -0.2) is 18.4 Å². The number of nitrogens with one attached hydrogen (secondary N) is 2. The van der Waals surface area contributed by atoms with Gasteiger partial charge < -0.3 is 5.32 Å². The molecule has 0 bridgehead atoms. The highest BCUT2D eigenvalue weighted by atomic mass is 79.9. The van der Waals surface area contributed by atoms with Crippen LogP contribution in [0.25, 0.3) is 0 Å². The van der Waals surface area contributed by atoms with E-state index in [9.17, 15) is 8.42 Å². The molecule has 0 aromatic carbocycles. The normalized spacial score (nSPS) is 11.2. The zero-order chi connectivity index (χ0) is 14.8. The van der Waals surface area contributed by atoms with E-state index in [4.69, 9.17) is 11.6 Å². The van der Waals surface area contributed by atoms with Crippen molar-refractivity contribution in [2.24, 2.45) is 0 Å². The Bertz CT molecular complexity index is 722. The van der Waals surface area contributed by atoms with E-state index in [0.29, 0.717) is 5.82 Å². The summed E-state index contributed by atoms with van der Waals surface area (Å²) in [5, 5.41) is 2.98. The van der Waals surface area contributed by atoms with Gasteiger partial charge in [-0.15, -0.1) is 0 Å². The van der Waals surface area contributed by atoms with Gasteiger partial charge in [-0.05, 0) is 34.1 Å². The van der Waals surface area contributed by atoms with Crippen LogP contribution in [0.15, 0.2) is 40.0 Å². The Morgan fingerprint density at radius 1 is 1.25 bits per heavy atom. The lowest BCUT2D eigenvalue weighted by Gasteiger charge is -2.08. The van der Waals surface area contributed by atoms with Crippen molar-refractivity contribution in [1.82, 2.24) is 9.97 Å². The van der Waals surface area contributed by atoms with Crippen LogP contribution in [0.4, 0.5) is 11.6 Å². The second-order valence-corrected chi connectivity index (χ2v) is 6.72. The van der Waals surface area contributed by atoms with Gasteiger partial charge >= 0.3 is 0 Å². The highest BCUT2D eigenvalue weighted by molar-refractivity contribution is 9.10. The van der Waals surface area contributed by atoms with Gasteiger partial charge in [-0.3, -0.25) is 4.72 Å². The summed E-state index contributed by atoms with van der Waals surface area (Å²) in [6, 6.07) is 4.54. The molecule has 2 aromatic heterocycles. The highest BCUT2D eigenvalue weighted by Crippen LogP contribution is 2.23. The van der Waals surface area contributed by atoms with Gasteiger partial charge in [0.1, 0.15) is 16.5 Å². The smallest absolute Gasteiger partial charge is 0.264 e. The quantitative estimate of drug-likeness (QED) is 0.856. The predicted octanol–water partition coefficient (Wildman–Crippen LogP) is 2.74. The van der Waals surface area contributed by atoms with Crippen LogP contribution in [0.5, 0.6) is 0 Å². The number of halogens is 2. The lowest BCUT2D eigenvalue weighted by Crippen LogP contribution is -2.14. The minimum Gasteiger partial charge on any atom is -0.372 e. The Balaban J connectivity index is 2.30. The van der Waals surface area contributed by atoms with Crippen molar-refractivity contribution in [3.05, 3.63) is 40.1 Å². The highest BCUT2D eigenvalue weighted by Gasteiger charge is 2.17. The van der Waals surface area contributed by atoms with Crippen molar-refractivity contribution >= 4 is 49.2 Å². The molecule has 2 rings (SSSR count). The van der Waals surface area contributed by atoms with E-state index in [1.165, 1.54) is 18.5 Å². The zero-order valence-electron chi connectivity index (χ0n) is 10.3. The van der Waals surface area contributed by atoms with Crippen molar-refractivity contribution in [2.45, 2.75) is 4.90 Å². The van der Waals surface area contributed by atoms with Crippen molar-refractivity contribution in [3.8, 4) is 0 Å². The van der Waals surface area contributed by atoms with E-state index in [-0.39, 0.29) is 15.7 Å². The van der Waals surface area contributed by atoms with Crippen LogP contribution in [0.2, 0.25) is 5.02 Å². The largest absolute Gasteiger partial charge is 0.372 e. The lowest BCUT2D eigenvalue weighted by atomic mass is 10.4. The summed E-state index contributed by atoms with van der Waals surface area (Å²) < 4.78 is 27.4. The monoisotopic (exact) mass is 376 g/mol. The summed E-state index contributed by atoms with van der Waals surface area (Å²) in [4.78, 5) is 7.83. The van der Waals surface area contributed by atoms with Gasteiger partial charge in [-0.2, -0.15) is 0 Å². The molecule has 0 fully saturated rings. The molecule has 2 aromatic rings. The average Bonchev–Trinajstić information content (AvgIpc) is 2.41. The molecule has 106 valence electrons. The van der Waals surface area contributed by atoms with Crippen molar-refractivity contribution in [2.75, 3.05) is 17.1 Å². The maximum Gasteiger partial charge on any atom is 0.264 e. The molecule has 2 heterocycles. The summed E-state index contributed by atoms with van der Waals surface area (Å²) >= 11 is 9.14. The van der Waals surface area contributed by atoms with Crippen LogP contribution in [0, 0.1) is 0 Å². The fourth-order valence-electron chi connectivity index (χ4n) is 1.38. The number of nitrogens with zero attached hydrogens (tertiary/aromatic N) is 2. The molecule has 0 saturated heterocycles. The van der Waals surface area contributed by atoms with Crippen LogP contribution in [-0.2, 0) is 10.0 Å². The number of sulfonamides is 1. The first-order valence-corrected chi connectivity index (χ1v) is 8.05. The van der Waals surface area contributed by atoms with E-state index in [1.54, 1.807) is 19.2 Å². The van der Waals surface area contributed by atoms with Crippen molar-refractivity contribution in [1.29, 1.82) is 0 Å². The third kappa shape index (κ3) is 3.38. The molecule has 0 aliphatic carbocycles. The molecule has 0 amide bonds. The Labute approximate surface area is 129 Å². The van der Waals surface area contributed by atoms with E-state index in [2.05, 4.69) is 35.9 Å². The standard InChI is InChI=1S/C11H10BrClN4O2S/c1-14-11-9(13)4-8(6-16-11)20(18,19)17-10-3-2-7(12)5-15-10/h2-6H,1H3,(H,14,16)(H,15,17). The molecule has 0 aliphatic heterocycles. The molecule has 0 atom stereocenters. The topological polar surface area (TPSA) is 84.0 Å². The second-order valence-electron chi connectivity index (χ2n) is 3.72. The molecule has 2 N–H and O–H groups in total. The average molecular weight is 378 g/mol. The zero-order valence-corrected chi connectivity index (χ0v) is 13.4.